The average Bonchev–Trinajstić information content (AvgIpc) is 2.25. The fourth-order valence-electron chi connectivity index (χ4n) is 1.42. The molecule has 0 spiro atoms. The second-order valence-corrected chi connectivity index (χ2v) is 4.09. The van der Waals surface area contributed by atoms with Gasteiger partial charge in [0, 0.05) is 0 Å². The van der Waals surface area contributed by atoms with Crippen LogP contribution in [0.1, 0.15) is 30.9 Å². The van der Waals surface area contributed by atoms with Gasteiger partial charge in [0.15, 0.2) is 0 Å². The quantitative estimate of drug-likeness (QED) is 0.752. The van der Waals surface area contributed by atoms with Gasteiger partial charge in [0.1, 0.15) is 6.61 Å². The Kier molecular flexibility index (Phi) is 4.99. The second kappa shape index (κ2) is 6.28. The molecule has 1 aromatic rings. The highest BCUT2D eigenvalue weighted by molar-refractivity contribution is 5.67. The Morgan fingerprint density at radius 3 is 2.44 bits per heavy atom. The number of carboxylic acids is 1. The average molecular weight is 222 g/mol. The van der Waals surface area contributed by atoms with Crippen LogP contribution in [0.2, 0.25) is 0 Å². The topological polar surface area (TPSA) is 46.5 Å². The molecule has 1 N–H and O–H groups in total. The van der Waals surface area contributed by atoms with E-state index in [-0.39, 0.29) is 6.61 Å². The minimum Gasteiger partial charge on any atom is -0.480 e. The molecule has 0 aliphatic carbocycles. The van der Waals surface area contributed by atoms with Crippen LogP contribution in [0.3, 0.4) is 0 Å². The van der Waals surface area contributed by atoms with Crippen molar-refractivity contribution < 1.29 is 14.6 Å². The minimum absolute atomic E-state index is 0.218. The largest absolute Gasteiger partial charge is 0.480 e. The Morgan fingerprint density at radius 2 is 1.94 bits per heavy atom. The molecule has 0 atom stereocenters. The Bertz CT molecular complexity index is 328. The van der Waals surface area contributed by atoms with E-state index in [0.717, 1.165) is 6.42 Å². The maximum absolute atomic E-state index is 10.2. The van der Waals surface area contributed by atoms with Gasteiger partial charge in [0.05, 0.1) is 6.61 Å². The Labute approximate surface area is 96.1 Å². The van der Waals surface area contributed by atoms with E-state index in [1.807, 2.05) is 0 Å². The van der Waals surface area contributed by atoms with Crippen LogP contribution in [-0.4, -0.2) is 24.3 Å². The molecule has 0 saturated heterocycles. The summed E-state index contributed by atoms with van der Waals surface area (Å²) in [5.41, 5.74) is 2.49. The number of aliphatic carboxylic acids is 1. The molecule has 0 bridgehead atoms. The number of ether oxygens (including phenoxy) is 1. The van der Waals surface area contributed by atoms with E-state index < -0.39 is 5.97 Å². The van der Waals surface area contributed by atoms with Crippen molar-refractivity contribution in [3.8, 4) is 0 Å². The molecule has 0 unspecified atom stereocenters. The molecule has 0 aliphatic rings. The van der Waals surface area contributed by atoms with E-state index in [4.69, 9.17) is 9.84 Å². The molecule has 3 nitrogen and oxygen atoms in total. The zero-order chi connectivity index (χ0) is 12.0. The van der Waals surface area contributed by atoms with Crippen molar-refractivity contribution >= 4 is 5.97 Å². The van der Waals surface area contributed by atoms with E-state index in [1.165, 1.54) is 11.1 Å². The molecule has 0 aromatic heterocycles. The standard InChI is InChI=1S/C13H18O3/c1-10(2)12-5-3-11(4-6-12)7-8-16-9-13(14)15/h3-6,10H,7-9H2,1-2H3,(H,14,15). The van der Waals surface area contributed by atoms with E-state index >= 15 is 0 Å². The summed E-state index contributed by atoms with van der Waals surface area (Å²) in [6, 6.07) is 8.35. The molecule has 0 aliphatic heterocycles. The number of hydrogen-bond donors (Lipinski definition) is 1. The van der Waals surface area contributed by atoms with Gasteiger partial charge in [-0.25, -0.2) is 4.79 Å². The van der Waals surface area contributed by atoms with Crippen LogP contribution in [0.15, 0.2) is 24.3 Å². The van der Waals surface area contributed by atoms with Gasteiger partial charge in [0.2, 0.25) is 0 Å². The van der Waals surface area contributed by atoms with E-state index in [0.29, 0.717) is 12.5 Å². The molecule has 0 heterocycles. The number of rotatable bonds is 6. The number of hydrogen-bond acceptors (Lipinski definition) is 2. The van der Waals surface area contributed by atoms with Crippen LogP contribution in [0, 0.1) is 0 Å². The van der Waals surface area contributed by atoms with Crippen LogP contribution in [-0.2, 0) is 16.0 Å². The maximum Gasteiger partial charge on any atom is 0.329 e. The normalized spacial score (nSPS) is 10.7. The second-order valence-electron chi connectivity index (χ2n) is 4.09. The lowest BCUT2D eigenvalue weighted by Gasteiger charge is -2.06. The number of carbonyl (C=O) groups is 1. The predicted octanol–water partition coefficient (Wildman–Crippen LogP) is 2.45. The van der Waals surface area contributed by atoms with E-state index in [9.17, 15) is 4.79 Å². The molecule has 0 fully saturated rings. The van der Waals surface area contributed by atoms with Crippen molar-refractivity contribution in [2.24, 2.45) is 0 Å². The Morgan fingerprint density at radius 1 is 1.31 bits per heavy atom. The maximum atomic E-state index is 10.2. The number of carboxylic acid groups (broad SMARTS) is 1. The third-order valence-electron chi connectivity index (χ3n) is 2.41. The van der Waals surface area contributed by atoms with Crippen LogP contribution >= 0.6 is 0 Å². The van der Waals surface area contributed by atoms with Gasteiger partial charge >= 0.3 is 5.97 Å². The summed E-state index contributed by atoms with van der Waals surface area (Å²) in [4.78, 5) is 10.2. The van der Waals surface area contributed by atoms with Crippen molar-refractivity contribution in [1.29, 1.82) is 0 Å². The monoisotopic (exact) mass is 222 g/mol. The van der Waals surface area contributed by atoms with E-state index in [1.54, 1.807) is 0 Å². The third kappa shape index (κ3) is 4.45. The van der Waals surface area contributed by atoms with Crippen LogP contribution < -0.4 is 0 Å². The first-order chi connectivity index (χ1) is 7.59. The highest BCUT2D eigenvalue weighted by Crippen LogP contribution is 2.14. The summed E-state index contributed by atoms with van der Waals surface area (Å²) < 4.78 is 4.98. The van der Waals surface area contributed by atoms with Gasteiger partial charge in [-0.3, -0.25) is 0 Å². The predicted molar refractivity (Wildman–Crippen MR) is 62.7 cm³/mol. The highest BCUT2D eigenvalue weighted by atomic mass is 16.5. The molecule has 3 heteroatoms. The summed E-state index contributed by atoms with van der Waals surface area (Å²) in [6.07, 6.45) is 0.756. The molecule has 88 valence electrons. The van der Waals surface area contributed by atoms with Crippen molar-refractivity contribution in [3.05, 3.63) is 35.4 Å². The first-order valence-corrected chi connectivity index (χ1v) is 5.48. The van der Waals surface area contributed by atoms with Crippen molar-refractivity contribution in [1.82, 2.24) is 0 Å². The zero-order valence-corrected chi connectivity index (χ0v) is 9.77. The molecule has 1 rings (SSSR count). The first kappa shape index (κ1) is 12.7. The fourth-order valence-corrected chi connectivity index (χ4v) is 1.42. The first-order valence-electron chi connectivity index (χ1n) is 5.48. The van der Waals surface area contributed by atoms with Gasteiger partial charge in [-0.05, 0) is 23.5 Å². The minimum atomic E-state index is -0.921. The lowest BCUT2D eigenvalue weighted by atomic mass is 10.0. The van der Waals surface area contributed by atoms with Crippen molar-refractivity contribution in [2.75, 3.05) is 13.2 Å². The molecule has 0 radical (unpaired) electrons. The van der Waals surface area contributed by atoms with E-state index in [2.05, 4.69) is 38.1 Å². The Hall–Kier alpha value is -1.35. The summed E-state index contributed by atoms with van der Waals surface area (Å²) in [6.45, 7) is 4.55. The molecule has 0 saturated carbocycles. The summed E-state index contributed by atoms with van der Waals surface area (Å²) >= 11 is 0. The van der Waals surface area contributed by atoms with Crippen LogP contribution in [0.5, 0.6) is 0 Å². The SMILES string of the molecule is CC(C)c1ccc(CCOCC(=O)O)cc1. The fraction of sp³-hybridized carbons (Fsp3) is 0.462. The summed E-state index contributed by atoms with van der Waals surface area (Å²) in [5.74, 6) is -0.382. The molecular formula is C13H18O3. The molecular weight excluding hydrogens is 204 g/mol. The lowest BCUT2D eigenvalue weighted by Crippen LogP contribution is -2.09. The van der Waals surface area contributed by atoms with Gasteiger partial charge in [-0.15, -0.1) is 0 Å². The zero-order valence-electron chi connectivity index (χ0n) is 9.77. The molecule has 1 aromatic carbocycles. The summed E-state index contributed by atoms with van der Waals surface area (Å²) in [7, 11) is 0. The highest BCUT2D eigenvalue weighted by Gasteiger charge is 2.00. The van der Waals surface area contributed by atoms with Crippen LogP contribution in [0.25, 0.3) is 0 Å². The van der Waals surface area contributed by atoms with Gasteiger partial charge < -0.3 is 9.84 Å². The van der Waals surface area contributed by atoms with Crippen molar-refractivity contribution in [3.63, 3.8) is 0 Å². The molecule has 16 heavy (non-hydrogen) atoms. The summed E-state index contributed by atoms with van der Waals surface area (Å²) in [5, 5.41) is 8.38. The van der Waals surface area contributed by atoms with Gasteiger partial charge in [-0.1, -0.05) is 38.1 Å². The smallest absolute Gasteiger partial charge is 0.329 e. The molecule has 0 amide bonds. The third-order valence-corrected chi connectivity index (χ3v) is 2.41. The number of benzene rings is 1. The van der Waals surface area contributed by atoms with Gasteiger partial charge in [-0.2, -0.15) is 0 Å². The Balaban J connectivity index is 2.35. The van der Waals surface area contributed by atoms with Crippen LogP contribution in [0.4, 0.5) is 0 Å². The van der Waals surface area contributed by atoms with Crippen molar-refractivity contribution in [2.45, 2.75) is 26.2 Å². The lowest BCUT2D eigenvalue weighted by molar-refractivity contribution is -0.142. The van der Waals surface area contributed by atoms with Gasteiger partial charge in [0.25, 0.3) is 0 Å².